The zero-order chi connectivity index (χ0) is 22.5. The summed E-state index contributed by atoms with van der Waals surface area (Å²) in [6, 6.07) is 5.96. The van der Waals surface area contributed by atoms with Crippen molar-refractivity contribution in [3.8, 4) is 5.75 Å². The highest BCUT2D eigenvalue weighted by molar-refractivity contribution is 6.00. The SMILES string of the molecule is COC(=O)N1c2c(OC)cccc2[C@@]23CCN4CCCC5(CCC12[C@](O)(C(=O)OC)C5)[C@H]43. The van der Waals surface area contributed by atoms with Gasteiger partial charge in [-0.2, -0.15) is 0 Å². The van der Waals surface area contributed by atoms with Gasteiger partial charge in [-0.15, -0.1) is 0 Å². The molecule has 0 aromatic heterocycles. The standard InChI is InChI=1S/C24H30N2O6/c1-30-16-7-4-6-15-17(16)26(20(28)32-3)24-10-9-21(14-23(24,29)19(27)31-2)8-5-12-25-13-11-22(15,24)18(21)25/h4,6-7,18,29H,5,8-14H2,1-3H3/t18-,21?,22+,23+,24?/m0/s1. The topological polar surface area (TPSA) is 88.5 Å². The molecule has 3 aliphatic carbocycles. The number of ether oxygens (including phenoxy) is 3. The number of carbonyl (C=O) groups is 2. The van der Waals surface area contributed by atoms with Crippen LogP contribution in [0.5, 0.6) is 5.75 Å². The van der Waals surface area contributed by atoms with Gasteiger partial charge in [-0.05, 0) is 68.7 Å². The van der Waals surface area contributed by atoms with E-state index in [0.29, 0.717) is 24.3 Å². The van der Waals surface area contributed by atoms with E-state index in [-0.39, 0.29) is 11.5 Å². The van der Waals surface area contributed by atoms with E-state index in [0.717, 1.165) is 44.3 Å². The van der Waals surface area contributed by atoms with Crippen LogP contribution in [0.2, 0.25) is 0 Å². The number of methoxy groups -OCH3 is 3. The van der Waals surface area contributed by atoms with Crippen molar-refractivity contribution in [3.63, 3.8) is 0 Å². The Kier molecular flexibility index (Phi) is 3.91. The molecule has 1 N–H and O–H groups in total. The molecule has 172 valence electrons. The summed E-state index contributed by atoms with van der Waals surface area (Å²) in [7, 11) is 4.23. The van der Waals surface area contributed by atoms with Gasteiger partial charge >= 0.3 is 12.1 Å². The molecule has 2 bridgehead atoms. The van der Waals surface area contributed by atoms with Crippen molar-refractivity contribution in [2.45, 2.75) is 61.1 Å². The highest BCUT2D eigenvalue weighted by Crippen LogP contribution is 2.77. The molecule has 2 unspecified atom stereocenters. The Morgan fingerprint density at radius 3 is 2.59 bits per heavy atom. The number of amides is 1. The molecule has 8 nitrogen and oxygen atoms in total. The number of fused-ring (bicyclic) bond motifs is 3. The van der Waals surface area contributed by atoms with Crippen molar-refractivity contribution in [1.29, 1.82) is 0 Å². The van der Waals surface area contributed by atoms with Crippen LogP contribution < -0.4 is 9.64 Å². The lowest BCUT2D eigenvalue weighted by atomic mass is 9.37. The minimum absolute atomic E-state index is 0.142. The molecule has 2 saturated heterocycles. The van der Waals surface area contributed by atoms with Gasteiger partial charge in [0.2, 0.25) is 0 Å². The fourth-order valence-electron chi connectivity index (χ4n) is 8.89. The van der Waals surface area contributed by atoms with E-state index in [2.05, 4.69) is 4.90 Å². The zero-order valence-electron chi connectivity index (χ0n) is 18.8. The quantitative estimate of drug-likeness (QED) is 0.703. The molecule has 1 aromatic carbocycles. The molecule has 3 heterocycles. The molecule has 32 heavy (non-hydrogen) atoms. The van der Waals surface area contributed by atoms with Crippen LogP contribution in [0, 0.1) is 5.41 Å². The molecule has 3 spiro atoms. The second kappa shape index (κ2) is 6.17. The Morgan fingerprint density at radius 2 is 1.88 bits per heavy atom. The lowest BCUT2D eigenvalue weighted by Crippen LogP contribution is -2.86. The third-order valence-corrected chi connectivity index (χ3v) is 9.53. The van der Waals surface area contributed by atoms with E-state index >= 15 is 0 Å². The maximum Gasteiger partial charge on any atom is 0.414 e. The van der Waals surface area contributed by atoms with E-state index in [1.807, 2.05) is 18.2 Å². The monoisotopic (exact) mass is 442 g/mol. The minimum atomic E-state index is -1.85. The van der Waals surface area contributed by atoms with Crippen molar-refractivity contribution in [2.24, 2.45) is 5.41 Å². The molecule has 1 aromatic rings. The van der Waals surface area contributed by atoms with Crippen molar-refractivity contribution in [2.75, 3.05) is 39.3 Å². The first-order valence-corrected chi connectivity index (χ1v) is 11.5. The van der Waals surface area contributed by atoms with Crippen LogP contribution in [0.1, 0.15) is 44.1 Å². The summed E-state index contributed by atoms with van der Waals surface area (Å²) in [6.45, 7) is 1.87. The Bertz CT molecular complexity index is 1030. The van der Waals surface area contributed by atoms with Gasteiger partial charge in [-0.3, -0.25) is 9.80 Å². The smallest absolute Gasteiger partial charge is 0.414 e. The number of para-hydroxylation sites is 1. The number of carbonyl (C=O) groups excluding carboxylic acids is 2. The van der Waals surface area contributed by atoms with Crippen LogP contribution in [-0.2, 0) is 19.7 Å². The lowest BCUT2D eigenvalue weighted by molar-refractivity contribution is -0.227. The van der Waals surface area contributed by atoms with Gasteiger partial charge in [0.25, 0.3) is 0 Å². The average molecular weight is 443 g/mol. The second-order valence-corrected chi connectivity index (χ2v) is 10.2. The van der Waals surface area contributed by atoms with Crippen LogP contribution in [0.4, 0.5) is 10.5 Å². The normalized spacial score (nSPS) is 41.0. The molecule has 8 heteroatoms. The van der Waals surface area contributed by atoms with Crippen LogP contribution in [-0.4, -0.2) is 73.7 Å². The molecule has 5 atom stereocenters. The number of piperidine rings is 1. The van der Waals surface area contributed by atoms with Crippen LogP contribution in [0.25, 0.3) is 0 Å². The van der Waals surface area contributed by atoms with Gasteiger partial charge < -0.3 is 19.3 Å². The molecular weight excluding hydrogens is 412 g/mol. The van der Waals surface area contributed by atoms with E-state index in [1.165, 1.54) is 14.2 Å². The third kappa shape index (κ3) is 1.83. The van der Waals surface area contributed by atoms with Gasteiger partial charge in [0.05, 0.1) is 27.0 Å². The lowest BCUT2D eigenvalue weighted by Gasteiger charge is -2.71. The van der Waals surface area contributed by atoms with Crippen LogP contribution in [0.3, 0.4) is 0 Å². The largest absolute Gasteiger partial charge is 0.495 e. The van der Waals surface area contributed by atoms with Gasteiger partial charge in [0, 0.05) is 11.5 Å². The number of aliphatic hydroxyl groups is 1. The summed E-state index contributed by atoms with van der Waals surface area (Å²) in [5.74, 6) is -0.121. The molecule has 1 amide bonds. The summed E-state index contributed by atoms with van der Waals surface area (Å²) in [5.41, 5.74) is -2.26. The number of hydrogen-bond donors (Lipinski definition) is 1. The minimum Gasteiger partial charge on any atom is -0.495 e. The van der Waals surface area contributed by atoms with Gasteiger partial charge in [-0.25, -0.2) is 9.59 Å². The number of esters is 1. The van der Waals surface area contributed by atoms with Crippen molar-refractivity contribution in [1.82, 2.24) is 4.90 Å². The number of benzene rings is 1. The maximum absolute atomic E-state index is 13.5. The van der Waals surface area contributed by atoms with Crippen molar-refractivity contribution < 1.29 is 28.9 Å². The number of anilines is 1. The summed E-state index contributed by atoms with van der Waals surface area (Å²) >= 11 is 0. The number of rotatable bonds is 2. The molecule has 7 rings (SSSR count). The molecular formula is C24H30N2O6. The van der Waals surface area contributed by atoms with Crippen molar-refractivity contribution in [3.05, 3.63) is 23.8 Å². The summed E-state index contributed by atoms with van der Waals surface area (Å²) in [5, 5.41) is 12.4. The first-order valence-electron chi connectivity index (χ1n) is 11.5. The fourth-order valence-corrected chi connectivity index (χ4v) is 8.89. The van der Waals surface area contributed by atoms with E-state index < -0.39 is 28.6 Å². The molecule has 0 radical (unpaired) electrons. The molecule has 5 fully saturated rings. The van der Waals surface area contributed by atoms with Crippen LogP contribution in [0.15, 0.2) is 18.2 Å². The molecule has 3 aliphatic heterocycles. The van der Waals surface area contributed by atoms with E-state index in [4.69, 9.17) is 14.2 Å². The van der Waals surface area contributed by atoms with Gasteiger partial charge in [0.1, 0.15) is 11.3 Å². The maximum atomic E-state index is 13.5. The summed E-state index contributed by atoms with van der Waals surface area (Å²) < 4.78 is 16.2. The van der Waals surface area contributed by atoms with E-state index in [1.54, 1.807) is 12.0 Å². The molecule has 3 saturated carbocycles. The van der Waals surface area contributed by atoms with E-state index in [9.17, 15) is 14.7 Å². The first-order chi connectivity index (χ1) is 15.4. The fraction of sp³-hybridized carbons (Fsp3) is 0.667. The predicted molar refractivity (Wildman–Crippen MR) is 115 cm³/mol. The Hall–Kier alpha value is -2.32. The Labute approximate surface area is 187 Å². The predicted octanol–water partition coefficient (Wildman–Crippen LogP) is 2.21. The number of hydrogen-bond acceptors (Lipinski definition) is 7. The van der Waals surface area contributed by atoms with Crippen LogP contribution >= 0.6 is 0 Å². The first kappa shape index (κ1) is 20.3. The summed E-state index contributed by atoms with van der Waals surface area (Å²) in [4.78, 5) is 31.0. The summed E-state index contributed by atoms with van der Waals surface area (Å²) in [6.07, 6.45) is 3.82. The van der Waals surface area contributed by atoms with Gasteiger partial charge in [0.15, 0.2) is 5.60 Å². The Morgan fingerprint density at radius 1 is 1.06 bits per heavy atom. The highest BCUT2D eigenvalue weighted by Gasteiger charge is 2.87. The molecule has 6 aliphatic rings. The second-order valence-electron chi connectivity index (χ2n) is 10.2. The van der Waals surface area contributed by atoms with Gasteiger partial charge in [-0.1, -0.05) is 12.1 Å². The Balaban J connectivity index is 1.75. The highest BCUT2D eigenvalue weighted by atomic mass is 16.6. The zero-order valence-corrected chi connectivity index (χ0v) is 18.8. The average Bonchev–Trinajstić information content (AvgIpc) is 3.34. The number of nitrogens with zero attached hydrogens (tertiary/aromatic N) is 2. The van der Waals surface area contributed by atoms with Crippen molar-refractivity contribution >= 4 is 17.7 Å². The third-order valence-electron chi connectivity index (χ3n) is 9.53.